The zero-order valence-electron chi connectivity index (χ0n) is 17.1. The molecular weight excluding hydrogens is 406 g/mol. The summed E-state index contributed by atoms with van der Waals surface area (Å²) in [5.74, 6) is -0.228. The van der Waals surface area contributed by atoms with Crippen LogP contribution in [0.2, 0.25) is 0 Å². The van der Waals surface area contributed by atoms with Gasteiger partial charge in [0.25, 0.3) is 0 Å². The number of alkyl halides is 2. The minimum Gasteiger partial charge on any atom is -0.372 e. The lowest BCUT2D eigenvalue weighted by atomic mass is 10.1. The summed E-state index contributed by atoms with van der Waals surface area (Å²) >= 11 is 0. The van der Waals surface area contributed by atoms with Crippen LogP contribution in [0.1, 0.15) is 24.8 Å². The van der Waals surface area contributed by atoms with E-state index in [4.69, 9.17) is 0 Å². The number of aromatic nitrogens is 2. The summed E-state index contributed by atoms with van der Waals surface area (Å²) in [5.41, 5.74) is 1.48. The number of halogens is 2. The highest BCUT2D eigenvalue weighted by atomic mass is 19.3. The molecule has 1 aromatic heterocycles. The van der Waals surface area contributed by atoms with Crippen LogP contribution in [-0.2, 0) is 9.59 Å². The summed E-state index contributed by atoms with van der Waals surface area (Å²) in [6.07, 6.45) is 1.26. The number of rotatable bonds is 8. The first-order chi connectivity index (χ1) is 14.8. The van der Waals surface area contributed by atoms with E-state index in [1.54, 1.807) is 12.1 Å². The largest absolute Gasteiger partial charge is 0.372 e. The maximum atomic E-state index is 13.0. The predicted octanol–water partition coefficient (Wildman–Crippen LogP) is 2.89. The Hall–Kier alpha value is -3.61. The molecular formula is C21H22F2N6O2. The van der Waals surface area contributed by atoms with Crippen LogP contribution in [-0.4, -0.2) is 53.2 Å². The van der Waals surface area contributed by atoms with Crippen molar-refractivity contribution in [3.8, 4) is 17.3 Å². The fourth-order valence-electron chi connectivity index (χ4n) is 2.93. The van der Waals surface area contributed by atoms with Crippen LogP contribution in [0.25, 0.3) is 11.3 Å². The smallest absolute Gasteiger partial charge is 0.244 e. The number of anilines is 2. The normalized spacial score (nSPS) is 13.9. The predicted molar refractivity (Wildman–Crippen MR) is 110 cm³/mol. The molecule has 1 aromatic carbocycles. The highest BCUT2D eigenvalue weighted by Gasteiger charge is 2.30. The quantitative estimate of drug-likeness (QED) is 0.669. The second kappa shape index (κ2) is 9.47. The number of nitrogens with zero attached hydrogens (tertiary/aromatic N) is 4. The van der Waals surface area contributed by atoms with E-state index >= 15 is 0 Å². The van der Waals surface area contributed by atoms with Crippen LogP contribution in [0, 0.1) is 17.2 Å². The Morgan fingerprint density at radius 2 is 2.00 bits per heavy atom. The molecule has 0 bridgehead atoms. The average Bonchev–Trinajstić information content (AvgIpc) is 3.58. The summed E-state index contributed by atoms with van der Waals surface area (Å²) in [6.45, 7) is 0. The van der Waals surface area contributed by atoms with Crippen molar-refractivity contribution in [3.63, 3.8) is 0 Å². The summed E-state index contributed by atoms with van der Waals surface area (Å²) < 4.78 is 26.0. The number of carbonyl (C=O) groups excluding carboxylic acids is 2. The number of amides is 2. The van der Waals surface area contributed by atoms with Gasteiger partial charge in [-0.25, -0.2) is 13.8 Å². The van der Waals surface area contributed by atoms with Crippen LogP contribution in [0.3, 0.4) is 0 Å². The van der Waals surface area contributed by atoms with Crippen molar-refractivity contribution in [2.45, 2.75) is 31.7 Å². The van der Waals surface area contributed by atoms with Crippen molar-refractivity contribution in [2.24, 2.45) is 5.92 Å². The van der Waals surface area contributed by atoms with Gasteiger partial charge in [-0.1, -0.05) is 6.07 Å². The Balaban J connectivity index is 1.83. The lowest BCUT2D eigenvalue weighted by molar-refractivity contribution is -0.130. The van der Waals surface area contributed by atoms with Gasteiger partial charge in [-0.05, 0) is 25.0 Å². The monoisotopic (exact) mass is 428 g/mol. The van der Waals surface area contributed by atoms with Crippen LogP contribution in [0.5, 0.6) is 0 Å². The zero-order chi connectivity index (χ0) is 22.5. The highest BCUT2D eigenvalue weighted by molar-refractivity contribution is 5.93. The third-order valence-corrected chi connectivity index (χ3v) is 4.77. The third-order valence-electron chi connectivity index (χ3n) is 4.77. The van der Waals surface area contributed by atoms with Gasteiger partial charge in [0, 0.05) is 32.0 Å². The molecule has 0 aliphatic heterocycles. The van der Waals surface area contributed by atoms with Gasteiger partial charge in [0.1, 0.15) is 12.1 Å². The van der Waals surface area contributed by atoms with E-state index in [2.05, 4.69) is 20.6 Å². The van der Waals surface area contributed by atoms with E-state index in [1.807, 2.05) is 6.07 Å². The van der Waals surface area contributed by atoms with Gasteiger partial charge in [-0.2, -0.15) is 5.26 Å². The molecule has 1 saturated carbocycles. The first kappa shape index (κ1) is 22.1. The second-order valence-corrected chi connectivity index (χ2v) is 7.48. The van der Waals surface area contributed by atoms with Crippen molar-refractivity contribution in [1.82, 2.24) is 14.9 Å². The lowest BCUT2D eigenvalue weighted by Crippen LogP contribution is -2.40. The Morgan fingerprint density at radius 1 is 1.26 bits per heavy atom. The molecule has 162 valence electrons. The van der Waals surface area contributed by atoms with Crippen molar-refractivity contribution < 1.29 is 18.4 Å². The van der Waals surface area contributed by atoms with Gasteiger partial charge in [0.15, 0.2) is 5.82 Å². The fourth-order valence-corrected chi connectivity index (χ4v) is 2.93. The topological polar surface area (TPSA) is 111 Å². The standard InChI is InChI=1S/C21H22F2N6O2/c1-29(2)21(31)16(8-18(22)23)27-15-7-13(5-6-14(15)9-24)17-10-26-19(11-25-17)28-20(30)12-3-4-12/h5-7,10-12,16,18,27H,3-4,8H2,1-2H3,(H,26,28,30)/t16-/m1/s1. The minimum atomic E-state index is -2.70. The van der Waals surface area contributed by atoms with E-state index in [0.717, 1.165) is 12.8 Å². The Labute approximate surface area is 178 Å². The van der Waals surface area contributed by atoms with Gasteiger partial charge in [0.2, 0.25) is 18.2 Å². The van der Waals surface area contributed by atoms with Crippen molar-refractivity contribution in [2.75, 3.05) is 24.7 Å². The lowest BCUT2D eigenvalue weighted by Gasteiger charge is -2.23. The van der Waals surface area contributed by atoms with Gasteiger partial charge in [-0.3, -0.25) is 14.6 Å². The minimum absolute atomic E-state index is 0.0414. The number of benzene rings is 1. The van der Waals surface area contributed by atoms with Gasteiger partial charge in [-0.15, -0.1) is 0 Å². The molecule has 1 aliphatic rings. The Morgan fingerprint density at radius 3 is 2.55 bits per heavy atom. The summed E-state index contributed by atoms with van der Waals surface area (Å²) in [7, 11) is 2.95. The SMILES string of the molecule is CN(C)C(=O)[C@@H](CC(F)F)Nc1cc(-c2cnc(NC(=O)C3CC3)cn2)ccc1C#N. The molecule has 8 nitrogen and oxygen atoms in total. The molecule has 2 aromatic rings. The van der Waals surface area contributed by atoms with E-state index in [1.165, 1.54) is 37.5 Å². The van der Waals surface area contributed by atoms with E-state index < -0.39 is 24.8 Å². The molecule has 1 atom stereocenters. The van der Waals surface area contributed by atoms with Crippen molar-refractivity contribution >= 4 is 23.3 Å². The summed E-state index contributed by atoms with van der Waals surface area (Å²) in [6, 6.07) is 5.52. The van der Waals surface area contributed by atoms with E-state index in [9.17, 15) is 23.6 Å². The molecule has 1 aliphatic carbocycles. The molecule has 0 radical (unpaired) electrons. The van der Waals surface area contributed by atoms with E-state index in [-0.39, 0.29) is 23.1 Å². The highest BCUT2D eigenvalue weighted by Crippen LogP contribution is 2.30. The van der Waals surface area contributed by atoms with Crippen molar-refractivity contribution in [1.29, 1.82) is 5.26 Å². The number of carbonyl (C=O) groups is 2. The molecule has 31 heavy (non-hydrogen) atoms. The molecule has 3 rings (SSSR count). The maximum Gasteiger partial charge on any atom is 0.244 e. The van der Waals surface area contributed by atoms with Gasteiger partial charge < -0.3 is 15.5 Å². The number of hydrogen-bond donors (Lipinski definition) is 2. The van der Waals surface area contributed by atoms with Gasteiger partial charge >= 0.3 is 0 Å². The third kappa shape index (κ3) is 5.72. The molecule has 0 spiro atoms. The Bertz CT molecular complexity index is 1000. The molecule has 0 saturated heterocycles. The maximum absolute atomic E-state index is 13.0. The molecule has 1 heterocycles. The molecule has 2 amide bonds. The first-order valence-electron chi connectivity index (χ1n) is 9.71. The Kier molecular flexibility index (Phi) is 6.74. The average molecular weight is 428 g/mol. The van der Waals surface area contributed by atoms with Gasteiger partial charge in [0.05, 0.1) is 29.3 Å². The molecule has 0 unspecified atom stereocenters. The summed E-state index contributed by atoms with van der Waals surface area (Å²) in [5, 5.41) is 14.9. The molecule has 10 heteroatoms. The van der Waals surface area contributed by atoms with Crippen LogP contribution >= 0.6 is 0 Å². The van der Waals surface area contributed by atoms with Crippen LogP contribution in [0.15, 0.2) is 30.6 Å². The summed E-state index contributed by atoms with van der Waals surface area (Å²) in [4.78, 5) is 33.8. The number of nitriles is 1. The number of nitrogens with one attached hydrogen (secondary N) is 2. The van der Waals surface area contributed by atoms with Crippen LogP contribution in [0.4, 0.5) is 20.3 Å². The number of likely N-dealkylation sites (N-methyl/N-ethyl adjacent to an activating group) is 1. The fraction of sp³-hybridized carbons (Fsp3) is 0.381. The van der Waals surface area contributed by atoms with Crippen molar-refractivity contribution in [3.05, 3.63) is 36.2 Å². The van der Waals surface area contributed by atoms with E-state index in [0.29, 0.717) is 17.1 Å². The van der Waals surface area contributed by atoms with Crippen LogP contribution < -0.4 is 10.6 Å². The first-order valence-corrected chi connectivity index (χ1v) is 9.71. The number of hydrogen-bond acceptors (Lipinski definition) is 6. The zero-order valence-corrected chi connectivity index (χ0v) is 17.1. The second-order valence-electron chi connectivity index (χ2n) is 7.48. The molecule has 1 fully saturated rings. The molecule has 2 N–H and O–H groups in total.